The molecule has 0 fully saturated rings. The van der Waals surface area contributed by atoms with Crippen LogP contribution in [0.4, 0.5) is 13.2 Å². The van der Waals surface area contributed by atoms with Crippen LogP contribution in [0, 0.1) is 14.9 Å². The number of esters is 1. The van der Waals surface area contributed by atoms with Crippen molar-refractivity contribution in [3.63, 3.8) is 0 Å². The molecule has 26 heavy (non-hydrogen) atoms. The molecule has 0 amide bonds. The van der Waals surface area contributed by atoms with Gasteiger partial charge in [-0.3, -0.25) is 0 Å². The molecule has 1 atom stereocenters. The molecule has 0 bridgehead atoms. The Labute approximate surface area is 161 Å². The molecule has 2 N–H and O–H groups in total. The van der Waals surface area contributed by atoms with E-state index in [9.17, 15) is 23.2 Å². The standard InChI is InChI=1S/C17H14F3IN2O3/c1-3-25-16(24)13-8(2)26-15(23)11(7-22)14(13)10-5-4-9(21)6-12(10)17(18,19)20/h4-6,14H,3,23H2,1-2H3. The third-order valence-electron chi connectivity index (χ3n) is 3.73. The van der Waals surface area contributed by atoms with Gasteiger partial charge in [-0.25, -0.2) is 4.79 Å². The maximum Gasteiger partial charge on any atom is 0.416 e. The van der Waals surface area contributed by atoms with Crippen molar-refractivity contribution in [2.75, 3.05) is 6.61 Å². The van der Waals surface area contributed by atoms with Gasteiger partial charge in [0.15, 0.2) is 0 Å². The van der Waals surface area contributed by atoms with Crippen molar-refractivity contribution >= 4 is 28.6 Å². The van der Waals surface area contributed by atoms with Crippen LogP contribution >= 0.6 is 22.6 Å². The van der Waals surface area contributed by atoms with Crippen molar-refractivity contribution in [3.05, 3.63) is 55.7 Å². The molecule has 0 radical (unpaired) electrons. The van der Waals surface area contributed by atoms with Crippen molar-refractivity contribution in [3.8, 4) is 6.07 Å². The lowest BCUT2D eigenvalue weighted by atomic mass is 9.81. The molecular formula is C17H14F3IN2O3. The first-order valence-electron chi connectivity index (χ1n) is 7.43. The Morgan fingerprint density at radius 3 is 2.65 bits per heavy atom. The van der Waals surface area contributed by atoms with Crippen LogP contribution in [0.2, 0.25) is 0 Å². The number of rotatable bonds is 3. The number of ether oxygens (including phenoxy) is 2. The maximum absolute atomic E-state index is 13.6. The molecule has 5 nitrogen and oxygen atoms in total. The highest BCUT2D eigenvalue weighted by molar-refractivity contribution is 14.1. The number of alkyl halides is 3. The Balaban J connectivity index is 2.79. The van der Waals surface area contributed by atoms with Crippen molar-refractivity contribution in [2.45, 2.75) is 25.9 Å². The summed E-state index contributed by atoms with van der Waals surface area (Å²) in [6.07, 6.45) is -4.68. The summed E-state index contributed by atoms with van der Waals surface area (Å²) in [5.74, 6) is -2.53. The summed E-state index contributed by atoms with van der Waals surface area (Å²) in [5.41, 5.74) is 4.04. The minimum absolute atomic E-state index is 0.00313. The lowest BCUT2D eigenvalue weighted by Crippen LogP contribution is -2.27. The molecule has 0 aliphatic carbocycles. The summed E-state index contributed by atoms with van der Waals surface area (Å²) in [4.78, 5) is 12.4. The summed E-state index contributed by atoms with van der Waals surface area (Å²) in [6, 6.07) is 5.41. The highest BCUT2D eigenvalue weighted by Gasteiger charge is 2.42. The molecule has 0 saturated heterocycles. The highest BCUT2D eigenvalue weighted by Crippen LogP contribution is 2.44. The molecule has 138 valence electrons. The van der Waals surface area contributed by atoms with Gasteiger partial charge in [0.25, 0.3) is 0 Å². The predicted molar refractivity (Wildman–Crippen MR) is 94.1 cm³/mol. The molecule has 0 aromatic heterocycles. The van der Waals surface area contributed by atoms with E-state index >= 15 is 0 Å². The smallest absolute Gasteiger partial charge is 0.416 e. The first kappa shape index (κ1) is 20.1. The Morgan fingerprint density at radius 1 is 1.46 bits per heavy atom. The van der Waals surface area contributed by atoms with Gasteiger partial charge in [-0.1, -0.05) is 6.07 Å². The van der Waals surface area contributed by atoms with Gasteiger partial charge in [0, 0.05) is 3.57 Å². The fourth-order valence-corrected chi connectivity index (χ4v) is 3.18. The highest BCUT2D eigenvalue weighted by atomic mass is 127. The second kappa shape index (κ2) is 7.57. The van der Waals surface area contributed by atoms with Crippen molar-refractivity contribution in [1.29, 1.82) is 5.26 Å². The van der Waals surface area contributed by atoms with Crippen molar-refractivity contribution in [2.24, 2.45) is 5.73 Å². The quantitative estimate of drug-likeness (QED) is 0.526. The van der Waals surface area contributed by atoms with Crippen LogP contribution < -0.4 is 5.73 Å². The second-order valence-electron chi connectivity index (χ2n) is 5.34. The van der Waals surface area contributed by atoms with Gasteiger partial charge in [0.2, 0.25) is 5.88 Å². The van der Waals surface area contributed by atoms with E-state index < -0.39 is 23.6 Å². The Bertz CT molecular complexity index is 854. The number of carbonyl (C=O) groups is 1. The fourth-order valence-electron chi connectivity index (χ4n) is 2.69. The number of nitrogens with zero attached hydrogens (tertiary/aromatic N) is 1. The molecule has 1 aliphatic rings. The molecule has 1 aromatic carbocycles. The van der Waals surface area contributed by atoms with Gasteiger partial charge in [-0.2, -0.15) is 18.4 Å². The van der Waals surface area contributed by atoms with Gasteiger partial charge in [-0.15, -0.1) is 0 Å². The lowest BCUT2D eigenvalue weighted by Gasteiger charge is -2.28. The Morgan fingerprint density at radius 2 is 2.12 bits per heavy atom. The topological polar surface area (TPSA) is 85.3 Å². The monoisotopic (exact) mass is 478 g/mol. The van der Waals surface area contributed by atoms with E-state index in [1.165, 1.54) is 19.1 Å². The average Bonchev–Trinajstić information content (AvgIpc) is 2.53. The number of hydrogen-bond acceptors (Lipinski definition) is 5. The van der Waals surface area contributed by atoms with Crippen LogP contribution in [-0.2, 0) is 20.4 Å². The summed E-state index contributed by atoms with van der Waals surface area (Å²) >= 11 is 1.76. The van der Waals surface area contributed by atoms with Gasteiger partial charge >= 0.3 is 12.1 Å². The fraction of sp³-hybridized carbons (Fsp3) is 0.294. The van der Waals surface area contributed by atoms with Crippen LogP contribution in [0.1, 0.15) is 30.9 Å². The zero-order chi connectivity index (χ0) is 19.6. The number of benzene rings is 1. The van der Waals surface area contributed by atoms with Gasteiger partial charge in [0.1, 0.15) is 17.4 Å². The van der Waals surface area contributed by atoms with E-state index in [1.54, 1.807) is 35.6 Å². The van der Waals surface area contributed by atoms with Crippen LogP contribution in [-0.4, -0.2) is 12.6 Å². The van der Waals surface area contributed by atoms with Crippen LogP contribution in [0.3, 0.4) is 0 Å². The summed E-state index contributed by atoms with van der Waals surface area (Å²) < 4.78 is 51.3. The van der Waals surface area contributed by atoms with Gasteiger partial charge in [-0.05, 0) is 54.1 Å². The number of carbonyl (C=O) groups excluding carboxylic acids is 1. The molecule has 1 aromatic rings. The van der Waals surface area contributed by atoms with E-state index in [1.807, 2.05) is 0 Å². The molecule has 1 unspecified atom stereocenters. The summed E-state index contributed by atoms with van der Waals surface area (Å²) in [5, 5.41) is 9.43. The maximum atomic E-state index is 13.6. The molecule has 2 rings (SSSR count). The van der Waals surface area contributed by atoms with Crippen molar-refractivity contribution in [1.82, 2.24) is 0 Å². The minimum atomic E-state index is -4.68. The first-order valence-corrected chi connectivity index (χ1v) is 8.51. The molecule has 1 heterocycles. The lowest BCUT2D eigenvalue weighted by molar-refractivity contribution is -0.140. The van der Waals surface area contributed by atoms with Gasteiger partial charge in [0.05, 0.1) is 23.7 Å². The minimum Gasteiger partial charge on any atom is -0.463 e. The normalized spacial score (nSPS) is 17.7. The SMILES string of the molecule is CCOC(=O)C1=C(C)OC(N)=C(C#N)C1c1ccc(I)cc1C(F)(F)F. The summed E-state index contributed by atoms with van der Waals surface area (Å²) in [6.45, 7) is 2.97. The number of halogens is 4. The summed E-state index contributed by atoms with van der Waals surface area (Å²) in [7, 11) is 0. The largest absolute Gasteiger partial charge is 0.463 e. The number of nitrogens with two attached hydrogens (primary N) is 1. The third-order valence-corrected chi connectivity index (χ3v) is 4.40. The Hall–Kier alpha value is -2.22. The molecule has 0 saturated carbocycles. The van der Waals surface area contributed by atoms with E-state index in [0.717, 1.165) is 6.07 Å². The van der Waals surface area contributed by atoms with Gasteiger partial charge < -0.3 is 15.2 Å². The molecule has 0 spiro atoms. The van der Waals surface area contributed by atoms with Crippen molar-refractivity contribution < 1.29 is 27.4 Å². The average molecular weight is 478 g/mol. The van der Waals surface area contributed by atoms with E-state index in [2.05, 4.69) is 0 Å². The van der Waals surface area contributed by atoms with Crippen LogP contribution in [0.25, 0.3) is 0 Å². The zero-order valence-corrected chi connectivity index (χ0v) is 15.9. The Kier molecular flexibility index (Phi) is 5.85. The van der Waals surface area contributed by atoms with Crippen LogP contribution in [0.15, 0.2) is 41.0 Å². The number of nitriles is 1. The van der Waals surface area contributed by atoms with E-state index in [-0.39, 0.29) is 35.0 Å². The first-order chi connectivity index (χ1) is 12.1. The predicted octanol–water partition coefficient (Wildman–Crippen LogP) is 3.95. The third kappa shape index (κ3) is 3.80. The molecular weight excluding hydrogens is 464 g/mol. The zero-order valence-electron chi connectivity index (χ0n) is 13.8. The second-order valence-corrected chi connectivity index (χ2v) is 6.59. The van der Waals surface area contributed by atoms with E-state index in [4.69, 9.17) is 15.2 Å². The molecule has 1 aliphatic heterocycles. The van der Waals surface area contributed by atoms with E-state index in [0.29, 0.717) is 3.57 Å². The number of allylic oxidation sites excluding steroid dienone is 2. The molecule has 9 heteroatoms. The van der Waals surface area contributed by atoms with Crippen LogP contribution in [0.5, 0.6) is 0 Å². The number of hydrogen-bond donors (Lipinski definition) is 1.